The monoisotopic (exact) mass is 288 g/mol. The Bertz CT molecular complexity index is 523. The van der Waals surface area contributed by atoms with Crippen LogP contribution in [0, 0.1) is 5.92 Å². The van der Waals surface area contributed by atoms with Crippen molar-refractivity contribution in [3.63, 3.8) is 0 Å². The number of hydrogen-bond donors (Lipinski definition) is 2. The summed E-state index contributed by atoms with van der Waals surface area (Å²) in [7, 11) is 0. The van der Waals surface area contributed by atoms with E-state index in [1.807, 2.05) is 12.1 Å². The Morgan fingerprint density at radius 2 is 2.24 bits per heavy atom. The Morgan fingerprint density at radius 3 is 3.00 bits per heavy atom. The average Bonchev–Trinajstić information content (AvgIpc) is 2.46. The van der Waals surface area contributed by atoms with E-state index in [0.717, 1.165) is 31.6 Å². The highest BCUT2D eigenvalue weighted by molar-refractivity contribution is 5.82. The molecule has 2 N–H and O–H groups in total. The lowest BCUT2D eigenvalue weighted by Crippen LogP contribution is -2.55. The normalized spacial score (nSPS) is 31.9. The third-order valence-corrected chi connectivity index (χ3v) is 4.64. The number of rotatable bonds is 2. The first-order chi connectivity index (χ1) is 10.1. The fourth-order valence-corrected chi connectivity index (χ4v) is 3.34. The summed E-state index contributed by atoms with van der Waals surface area (Å²) in [4.78, 5) is 12.7. The van der Waals surface area contributed by atoms with Crippen molar-refractivity contribution in [1.29, 1.82) is 0 Å². The van der Waals surface area contributed by atoms with E-state index in [2.05, 4.69) is 36.6 Å². The molecule has 3 unspecified atom stereocenters. The van der Waals surface area contributed by atoms with Crippen LogP contribution >= 0.6 is 0 Å². The second-order valence-electron chi connectivity index (χ2n) is 6.61. The summed E-state index contributed by atoms with van der Waals surface area (Å²) < 4.78 is 5.53. The summed E-state index contributed by atoms with van der Waals surface area (Å²) in [6.45, 7) is 5.59. The Labute approximate surface area is 126 Å². The minimum absolute atomic E-state index is 0.0290. The lowest BCUT2D eigenvalue weighted by atomic mass is 9.86. The van der Waals surface area contributed by atoms with Gasteiger partial charge in [-0.2, -0.15) is 0 Å². The smallest absolute Gasteiger partial charge is 0.226 e. The maximum atomic E-state index is 12.7. The zero-order valence-corrected chi connectivity index (χ0v) is 12.8. The van der Waals surface area contributed by atoms with E-state index in [9.17, 15) is 4.79 Å². The summed E-state index contributed by atoms with van der Waals surface area (Å²) in [6.07, 6.45) is 2.80. The van der Waals surface area contributed by atoms with E-state index in [1.54, 1.807) is 0 Å². The predicted octanol–water partition coefficient (Wildman–Crippen LogP) is 2.34. The highest BCUT2D eigenvalue weighted by atomic mass is 16.5. The second kappa shape index (κ2) is 5.68. The minimum Gasteiger partial charge on any atom is -0.382 e. The molecule has 1 saturated heterocycles. The molecule has 114 valence electrons. The molecule has 0 aromatic heterocycles. The standard InChI is InChI=1S/C17H24N2O2/c1-12-14(10-13-6-3-4-7-15(13)18-12)16(20)19-17(2)8-5-9-21-11-17/h3-4,6-7,12,14,18H,5,8-11H2,1-2H3,(H,19,20). The van der Waals surface area contributed by atoms with Crippen molar-refractivity contribution < 1.29 is 9.53 Å². The molecule has 2 aliphatic rings. The first kappa shape index (κ1) is 14.4. The molecule has 3 rings (SSSR count). The van der Waals surface area contributed by atoms with E-state index in [4.69, 9.17) is 4.74 Å². The molecule has 1 fully saturated rings. The molecular formula is C17H24N2O2. The molecule has 0 aliphatic carbocycles. The fourth-order valence-electron chi connectivity index (χ4n) is 3.34. The van der Waals surface area contributed by atoms with Gasteiger partial charge in [-0.05, 0) is 44.7 Å². The number of carbonyl (C=O) groups is 1. The number of carbonyl (C=O) groups excluding carboxylic acids is 1. The van der Waals surface area contributed by atoms with Crippen LogP contribution in [0.4, 0.5) is 5.69 Å². The highest BCUT2D eigenvalue weighted by Gasteiger charge is 2.35. The molecule has 0 spiro atoms. The van der Waals surface area contributed by atoms with Gasteiger partial charge in [-0.1, -0.05) is 18.2 Å². The number of anilines is 1. The lowest BCUT2D eigenvalue weighted by molar-refractivity contribution is -0.129. The molecule has 1 amide bonds. The van der Waals surface area contributed by atoms with Gasteiger partial charge in [0.05, 0.1) is 18.1 Å². The van der Waals surface area contributed by atoms with E-state index in [1.165, 1.54) is 5.56 Å². The van der Waals surface area contributed by atoms with Gasteiger partial charge in [0.2, 0.25) is 5.91 Å². The molecule has 4 heteroatoms. The molecular weight excluding hydrogens is 264 g/mol. The number of benzene rings is 1. The van der Waals surface area contributed by atoms with Crippen molar-refractivity contribution in [1.82, 2.24) is 5.32 Å². The molecule has 0 bridgehead atoms. The zero-order chi connectivity index (χ0) is 14.9. The van der Waals surface area contributed by atoms with Gasteiger partial charge in [-0.25, -0.2) is 0 Å². The third-order valence-electron chi connectivity index (χ3n) is 4.64. The van der Waals surface area contributed by atoms with Crippen LogP contribution in [0.2, 0.25) is 0 Å². The molecule has 1 aromatic carbocycles. The van der Waals surface area contributed by atoms with Gasteiger partial charge in [0, 0.05) is 18.3 Å². The molecule has 21 heavy (non-hydrogen) atoms. The topological polar surface area (TPSA) is 50.4 Å². The van der Waals surface area contributed by atoms with Gasteiger partial charge in [-0.3, -0.25) is 4.79 Å². The quantitative estimate of drug-likeness (QED) is 0.878. The fraction of sp³-hybridized carbons (Fsp3) is 0.588. The SMILES string of the molecule is CC1Nc2ccccc2CC1C(=O)NC1(C)CCCOC1. The van der Waals surface area contributed by atoms with Crippen molar-refractivity contribution in [2.75, 3.05) is 18.5 Å². The molecule has 4 nitrogen and oxygen atoms in total. The maximum Gasteiger partial charge on any atom is 0.226 e. The summed E-state index contributed by atoms with van der Waals surface area (Å²) in [5, 5.41) is 6.67. The van der Waals surface area contributed by atoms with Crippen LogP contribution < -0.4 is 10.6 Å². The van der Waals surface area contributed by atoms with Crippen molar-refractivity contribution in [3.8, 4) is 0 Å². The molecule has 2 aliphatic heterocycles. The van der Waals surface area contributed by atoms with E-state index >= 15 is 0 Å². The first-order valence-electron chi connectivity index (χ1n) is 7.82. The largest absolute Gasteiger partial charge is 0.382 e. The summed E-state index contributed by atoms with van der Waals surface area (Å²) in [5.41, 5.74) is 2.16. The summed E-state index contributed by atoms with van der Waals surface area (Å²) in [5.74, 6) is 0.108. The molecule has 0 saturated carbocycles. The Kier molecular flexibility index (Phi) is 3.89. The van der Waals surface area contributed by atoms with Gasteiger partial charge in [0.1, 0.15) is 0 Å². The van der Waals surface area contributed by atoms with Crippen LogP contribution in [0.25, 0.3) is 0 Å². The van der Waals surface area contributed by atoms with E-state index in [0.29, 0.717) is 6.61 Å². The molecule has 2 heterocycles. The lowest BCUT2D eigenvalue weighted by Gasteiger charge is -2.38. The third kappa shape index (κ3) is 3.05. The van der Waals surface area contributed by atoms with Gasteiger partial charge in [0.15, 0.2) is 0 Å². The van der Waals surface area contributed by atoms with Crippen LogP contribution in [0.5, 0.6) is 0 Å². The van der Waals surface area contributed by atoms with Crippen molar-refractivity contribution in [2.24, 2.45) is 5.92 Å². The summed E-state index contributed by atoms with van der Waals surface area (Å²) >= 11 is 0. The highest BCUT2D eigenvalue weighted by Crippen LogP contribution is 2.29. The number of ether oxygens (including phenoxy) is 1. The first-order valence-corrected chi connectivity index (χ1v) is 7.82. The number of amides is 1. The van der Waals surface area contributed by atoms with Crippen LogP contribution in [-0.4, -0.2) is 30.7 Å². The molecule has 1 aromatic rings. The Balaban J connectivity index is 1.70. The maximum absolute atomic E-state index is 12.7. The van der Waals surface area contributed by atoms with Gasteiger partial charge < -0.3 is 15.4 Å². The van der Waals surface area contributed by atoms with Crippen LogP contribution in [0.15, 0.2) is 24.3 Å². The van der Waals surface area contributed by atoms with Crippen LogP contribution in [-0.2, 0) is 16.0 Å². The van der Waals surface area contributed by atoms with Crippen molar-refractivity contribution >= 4 is 11.6 Å². The number of hydrogen-bond acceptors (Lipinski definition) is 3. The van der Waals surface area contributed by atoms with Crippen LogP contribution in [0.1, 0.15) is 32.3 Å². The Hall–Kier alpha value is -1.55. The minimum atomic E-state index is -0.216. The van der Waals surface area contributed by atoms with Crippen molar-refractivity contribution in [2.45, 2.75) is 44.7 Å². The number of fused-ring (bicyclic) bond motifs is 1. The van der Waals surface area contributed by atoms with E-state index in [-0.39, 0.29) is 23.4 Å². The van der Waals surface area contributed by atoms with E-state index < -0.39 is 0 Å². The van der Waals surface area contributed by atoms with Crippen molar-refractivity contribution in [3.05, 3.63) is 29.8 Å². The van der Waals surface area contributed by atoms with Gasteiger partial charge in [0.25, 0.3) is 0 Å². The molecule has 0 radical (unpaired) electrons. The number of para-hydroxylation sites is 1. The summed E-state index contributed by atoms with van der Waals surface area (Å²) in [6, 6.07) is 8.38. The number of nitrogens with one attached hydrogen (secondary N) is 2. The second-order valence-corrected chi connectivity index (χ2v) is 6.61. The van der Waals surface area contributed by atoms with Crippen LogP contribution in [0.3, 0.4) is 0 Å². The van der Waals surface area contributed by atoms with Gasteiger partial charge in [-0.15, -0.1) is 0 Å². The predicted molar refractivity (Wildman–Crippen MR) is 83.3 cm³/mol. The van der Waals surface area contributed by atoms with Gasteiger partial charge >= 0.3 is 0 Å². The Morgan fingerprint density at radius 1 is 1.43 bits per heavy atom. The average molecular weight is 288 g/mol. The molecule has 3 atom stereocenters. The zero-order valence-electron chi connectivity index (χ0n) is 12.8.